The summed E-state index contributed by atoms with van der Waals surface area (Å²) in [7, 11) is 0. The molecule has 1 aromatic carbocycles. The van der Waals surface area contributed by atoms with Crippen molar-refractivity contribution in [3.05, 3.63) is 36.0 Å². The number of esters is 1. The number of para-hydroxylation sites is 1. The van der Waals surface area contributed by atoms with Crippen molar-refractivity contribution in [1.82, 2.24) is 4.57 Å². The number of fused-ring (bicyclic) bond motifs is 1. The summed E-state index contributed by atoms with van der Waals surface area (Å²) in [5.41, 5.74) is 7.01. The SMILES string of the molecule is CC(=O)OCCc1cn(C(N)=O)c2ccccc12. The maximum Gasteiger partial charge on any atom is 0.323 e. The molecule has 1 amide bonds. The van der Waals surface area contributed by atoms with E-state index in [0.717, 1.165) is 16.5 Å². The molecule has 0 radical (unpaired) electrons. The van der Waals surface area contributed by atoms with Crippen molar-refractivity contribution in [3.63, 3.8) is 0 Å². The van der Waals surface area contributed by atoms with Gasteiger partial charge >= 0.3 is 12.0 Å². The molecule has 0 fully saturated rings. The van der Waals surface area contributed by atoms with Gasteiger partial charge in [0, 0.05) is 24.9 Å². The molecule has 0 aliphatic rings. The number of primary amides is 1. The second kappa shape index (κ2) is 4.91. The summed E-state index contributed by atoms with van der Waals surface area (Å²) in [6.07, 6.45) is 2.25. The highest BCUT2D eigenvalue weighted by Crippen LogP contribution is 2.21. The lowest BCUT2D eigenvalue weighted by atomic mass is 10.1. The van der Waals surface area contributed by atoms with E-state index >= 15 is 0 Å². The fraction of sp³-hybridized carbons (Fsp3) is 0.231. The molecule has 1 aromatic heterocycles. The number of carbonyl (C=O) groups excluding carboxylic acids is 2. The first-order valence-electron chi connectivity index (χ1n) is 5.61. The standard InChI is InChI=1S/C13H14N2O3/c1-9(16)18-7-6-10-8-15(13(14)17)12-5-3-2-4-11(10)12/h2-5,8H,6-7H2,1H3,(H2,14,17). The highest BCUT2D eigenvalue weighted by atomic mass is 16.5. The third-order valence-electron chi connectivity index (χ3n) is 2.71. The van der Waals surface area contributed by atoms with Crippen LogP contribution in [0.5, 0.6) is 0 Å². The van der Waals surface area contributed by atoms with Crippen LogP contribution in [0.15, 0.2) is 30.5 Å². The van der Waals surface area contributed by atoms with E-state index in [4.69, 9.17) is 10.5 Å². The molecule has 1 heterocycles. The number of benzene rings is 1. The topological polar surface area (TPSA) is 74.3 Å². The number of rotatable bonds is 3. The Hall–Kier alpha value is -2.30. The number of aromatic nitrogens is 1. The maximum atomic E-state index is 11.3. The van der Waals surface area contributed by atoms with Gasteiger partial charge in [-0.1, -0.05) is 18.2 Å². The number of nitrogens with two attached hydrogens (primary N) is 1. The highest BCUT2D eigenvalue weighted by Gasteiger charge is 2.10. The van der Waals surface area contributed by atoms with Gasteiger partial charge in [0.15, 0.2) is 0 Å². The van der Waals surface area contributed by atoms with Gasteiger partial charge in [-0.3, -0.25) is 9.36 Å². The monoisotopic (exact) mass is 246 g/mol. The Labute approximate surface area is 104 Å². The molecule has 2 rings (SSSR count). The molecule has 0 saturated heterocycles. The molecule has 2 N–H and O–H groups in total. The normalized spacial score (nSPS) is 10.5. The maximum absolute atomic E-state index is 11.3. The van der Waals surface area contributed by atoms with Crippen molar-refractivity contribution in [2.24, 2.45) is 5.73 Å². The van der Waals surface area contributed by atoms with Crippen molar-refractivity contribution < 1.29 is 14.3 Å². The van der Waals surface area contributed by atoms with Gasteiger partial charge in [-0.2, -0.15) is 0 Å². The van der Waals surface area contributed by atoms with Crippen molar-refractivity contribution in [3.8, 4) is 0 Å². The van der Waals surface area contributed by atoms with E-state index in [2.05, 4.69) is 0 Å². The van der Waals surface area contributed by atoms with Crippen LogP contribution >= 0.6 is 0 Å². The second-order valence-electron chi connectivity index (χ2n) is 3.97. The zero-order valence-electron chi connectivity index (χ0n) is 10.1. The minimum atomic E-state index is -0.523. The minimum absolute atomic E-state index is 0.294. The molecule has 0 spiro atoms. The van der Waals surface area contributed by atoms with Crippen LogP contribution in [-0.4, -0.2) is 23.2 Å². The minimum Gasteiger partial charge on any atom is -0.466 e. The summed E-state index contributed by atoms with van der Waals surface area (Å²) in [6, 6.07) is 6.96. The predicted molar refractivity (Wildman–Crippen MR) is 67.3 cm³/mol. The zero-order valence-corrected chi connectivity index (χ0v) is 10.1. The van der Waals surface area contributed by atoms with Crippen LogP contribution in [0.3, 0.4) is 0 Å². The van der Waals surface area contributed by atoms with Crippen LogP contribution in [0.4, 0.5) is 4.79 Å². The molecule has 0 saturated carbocycles. The van der Waals surface area contributed by atoms with E-state index in [1.54, 1.807) is 6.20 Å². The number of hydrogen-bond acceptors (Lipinski definition) is 3. The van der Waals surface area contributed by atoms with Crippen molar-refractivity contribution in [2.45, 2.75) is 13.3 Å². The Morgan fingerprint density at radius 2 is 2.06 bits per heavy atom. The van der Waals surface area contributed by atoms with Gasteiger partial charge < -0.3 is 10.5 Å². The molecule has 0 atom stereocenters. The van der Waals surface area contributed by atoms with Crippen LogP contribution in [0, 0.1) is 0 Å². The Balaban J connectivity index is 2.33. The largest absolute Gasteiger partial charge is 0.466 e. The zero-order chi connectivity index (χ0) is 13.1. The molecular weight excluding hydrogens is 232 g/mol. The number of carbonyl (C=O) groups is 2. The number of hydrogen-bond donors (Lipinski definition) is 1. The average Bonchev–Trinajstić information content (AvgIpc) is 2.68. The van der Waals surface area contributed by atoms with Gasteiger partial charge in [-0.25, -0.2) is 4.79 Å². The number of ether oxygens (including phenoxy) is 1. The lowest BCUT2D eigenvalue weighted by Gasteiger charge is -2.00. The van der Waals surface area contributed by atoms with Gasteiger partial charge in [0.1, 0.15) is 0 Å². The molecular formula is C13H14N2O3. The lowest BCUT2D eigenvalue weighted by molar-refractivity contribution is -0.140. The quantitative estimate of drug-likeness (QED) is 0.837. The van der Waals surface area contributed by atoms with E-state index < -0.39 is 6.03 Å². The molecule has 94 valence electrons. The van der Waals surface area contributed by atoms with E-state index in [1.165, 1.54) is 11.5 Å². The Bertz CT molecular complexity index is 601. The molecule has 5 nitrogen and oxygen atoms in total. The predicted octanol–water partition coefficient (Wildman–Crippen LogP) is 1.67. The first-order chi connectivity index (χ1) is 8.59. The highest BCUT2D eigenvalue weighted by molar-refractivity contribution is 5.93. The summed E-state index contributed by atoms with van der Waals surface area (Å²) in [5.74, 6) is -0.311. The van der Waals surface area contributed by atoms with E-state index in [9.17, 15) is 9.59 Å². The van der Waals surface area contributed by atoms with Gasteiger partial charge in [0.25, 0.3) is 0 Å². The fourth-order valence-corrected chi connectivity index (χ4v) is 1.94. The average molecular weight is 246 g/mol. The first-order valence-corrected chi connectivity index (χ1v) is 5.61. The fourth-order valence-electron chi connectivity index (χ4n) is 1.94. The molecule has 0 aliphatic heterocycles. The van der Waals surface area contributed by atoms with Crippen LogP contribution < -0.4 is 5.73 Å². The molecule has 2 aromatic rings. The Kier molecular flexibility index (Phi) is 3.32. The molecule has 5 heteroatoms. The third kappa shape index (κ3) is 2.34. The van der Waals surface area contributed by atoms with Crippen LogP contribution in [-0.2, 0) is 16.0 Å². The third-order valence-corrected chi connectivity index (χ3v) is 2.71. The molecule has 0 aliphatic carbocycles. The van der Waals surface area contributed by atoms with Crippen molar-refractivity contribution in [1.29, 1.82) is 0 Å². The van der Waals surface area contributed by atoms with Gasteiger partial charge in [0.05, 0.1) is 12.1 Å². The van der Waals surface area contributed by atoms with E-state index in [1.807, 2.05) is 24.3 Å². The Morgan fingerprint density at radius 1 is 1.33 bits per heavy atom. The number of amides is 1. The summed E-state index contributed by atoms with van der Waals surface area (Å²) in [5, 5.41) is 0.948. The molecule has 18 heavy (non-hydrogen) atoms. The van der Waals surface area contributed by atoms with Crippen LogP contribution in [0.2, 0.25) is 0 Å². The summed E-state index contributed by atoms with van der Waals surface area (Å²) in [4.78, 5) is 22.0. The van der Waals surface area contributed by atoms with Crippen molar-refractivity contribution in [2.75, 3.05) is 6.61 Å². The van der Waals surface area contributed by atoms with Gasteiger partial charge in [0.2, 0.25) is 0 Å². The summed E-state index contributed by atoms with van der Waals surface area (Å²) < 4.78 is 6.30. The number of nitrogens with zero attached hydrogens (tertiary/aromatic N) is 1. The van der Waals surface area contributed by atoms with Crippen LogP contribution in [0.1, 0.15) is 12.5 Å². The second-order valence-corrected chi connectivity index (χ2v) is 3.97. The van der Waals surface area contributed by atoms with Crippen molar-refractivity contribution >= 4 is 22.9 Å². The van der Waals surface area contributed by atoms with E-state index in [0.29, 0.717) is 13.0 Å². The smallest absolute Gasteiger partial charge is 0.323 e. The Morgan fingerprint density at radius 3 is 2.72 bits per heavy atom. The van der Waals surface area contributed by atoms with Gasteiger partial charge in [-0.05, 0) is 11.6 Å². The molecule has 0 bridgehead atoms. The summed E-state index contributed by atoms with van der Waals surface area (Å²) in [6.45, 7) is 1.66. The van der Waals surface area contributed by atoms with Gasteiger partial charge in [-0.15, -0.1) is 0 Å². The lowest BCUT2D eigenvalue weighted by Crippen LogP contribution is -2.18. The molecule has 0 unspecified atom stereocenters. The summed E-state index contributed by atoms with van der Waals surface area (Å²) >= 11 is 0. The first kappa shape index (κ1) is 12.2. The van der Waals surface area contributed by atoms with Crippen LogP contribution in [0.25, 0.3) is 10.9 Å². The van der Waals surface area contributed by atoms with E-state index in [-0.39, 0.29) is 5.97 Å².